The number of hydrogen-bond acceptors (Lipinski definition) is 9. The van der Waals surface area contributed by atoms with E-state index < -0.39 is 72.6 Å². The molecular weight excluding hydrogens is 406 g/mol. The molecule has 172 valence electrons. The summed E-state index contributed by atoms with van der Waals surface area (Å²) in [7, 11) is 0. The second-order valence-electron chi connectivity index (χ2n) is 6.65. The van der Waals surface area contributed by atoms with Crippen LogP contribution >= 0.6 is 0 Å². The van der Waals surface area contributed by atoms with E-state index in [2.05, 4.69) is 10.6 Å². The molecule has 0 aliphatic rings. The van der Waals surface area contributed by atoms with Gasteiger partial charge in [-0.15, -0.1) is 0 Å². The first-order valence-electron chi connectivity index (χ1n) is 8.96. The van der Waals surface area contributed by atoms with Gasteiger partial charge in [0.15, 0.2) is 6.04 Å². The van der Waals surface area contributed by atoms with Crippen molar-refractivity contribution in [3.05, 3.63) is 0 Å². The molecule has 0 aliphatic carbocycles. The topological polar surface area (TPSA) is 254 Å². The third-order valence-electron chi connectivity index (χ3n) is 3.95. The van der Waals surface area contributed by atoms with E-state index in [0.717, 1.165) is 6.92 Å². The van der Waals surface area contributed by atoms with E-state index in [-0.39, 0.29) is 12.8 Å². The molecule has 0 bridgehead atoms. The van der Waals surface area contributed by atoms with Gasteiger partial charge in [0.05, 0.1) is 18.8 Å². The minimum absolute atomic E-state index is 0.324. The van der Waals surface area contributed by atoms with Crippen LogP contribution in [0.1, 0.15) is 26.7 Å². The number of carbonyl (C=O) groups is 5. The number of carbonyl (C=O) groups excluding carboxylic acids is 4. The smallest absolute Gasteiger partial charge is 0.328 e. The molecule has 14 nitrogen and oxygen atoms in total. The Morgan fingerprint density at radius 1 is 0.867 bits per heavy atom. The van der Waals surface area contributed by atoms with Crippen molar-refractivity contribution in [3.8, 4) is 0 Å². The molecule has 0 saturated heterocycles. The van der Waals surface area contributed by atoms with Crippen LogP contribution in [0.3, 0.4) is 0 Å². The highest BCUT2D eigenvalue weighted by molar-refractivity contribution is 5.94. The minimum atomic E-state index is -1.69. The summed E-state index contributed by atoms with van der Waals surface area (Å²) in [5.41, 5.74) is 10.4. The van der Waals surface area contributed by atoms with Crippen LogP contribution in [-0.4, -0.2) is 93.0 Å². The summed E-state index contributed by atoms with van der Waals surface area (Å²) >= 11 is 0. The lowest BCUT2D eigenvalue weighted by atomic mass is 10.1. The maximum atomic E-state index is 12.5. The molecular formula is C16H29N5O9. The third-order valence-corrected chi connectivity index (χ3v) is 3.95. The zero-order chi connectivity index (χ0) is 23.6. The van der Waals surface area contributed by atoms with Crippen LogP contribution in [0.25, 0.3) is 0 Å². The van der Waals surface area contributed by atoms with Gasteiger partial charge in [0, 0.05) is 6.42 Å². The molecule has 0 heterocycles. The number of primary amides is 1. The maximum absolute atomic E-state index is 12.5. The lowest BCUT2D eigenvalue weighted by Crippen LogP contribution is -2.60. The predicted molar refractivity (Wildman–Crippen MR) is 100 cm³/mol. The number of hydrogen-bond donors (Lipinski definition) is 9. The van der Waals surface area contributed by atoms with Gasteiger partial charge in [-0.3, -0.25) is 19.2 Å². The highest BCUT2D eigenvalue weighted by Gasteiger charge is 2.33. The first-order chi connectivity index (χ1) is 13.8. The third kappa shape index (κ3) is 9.13. The number of nitrogens with two attached hydrogens (primary N) is 2. The van der Waals surface area contributed by atoms with Crippen molar-refractivity contribution in [2.24, 2.45) is 11.5 Å². The van der Waals surface area contributed by atoms with E-state index in [1.807, 2.05) is 5.32 Å². The molecule has 6 unspecified atom stereocenters. The molecule has 4 amide bonds. The summed E-state index contributed by atoms with van der Waals surface area (Å²) in [6.45, 7) is 1.57. The Balaban J connectivity index is 5.47. The molecule has 0 rings (SSSR count). The molecule has 6 atom stereocenters. The van der Waals surface area contributed by atoms with Gasteiger partial charge in [-0.05, 0) is 20.3 Å². The average molecular weight is 435 g/mol. The summed E-state index contributed by atoms with van der Waals surface area (Å²) in [4.78, 5) is 58.9. The number of aliphatic hydroxyl groups excluding tert-OH is 3. The van der Waals surface area contributed by atoms with Crippen molar-refractivity contribution in [1.82, 2.24) is 16.0 Å². The van der Waals surface area contributed by atoms with Crippen LogP contribution in [0.4, 0.5) is 0 Å². The number of rotatable bonds is 13. The molecule has 30 heavy (non-hydrogen) atoms. The number of aliphatic hydroxyl groups is 3. The van der Waals surface area contributed by atoms with Gasteiger partial charge in [0.1, 0.15) is 18.1 Å². The number of aliphatic carboxylic acids is 1. The van der Waals surface area contributed by atoms with Gasteiger partial charge >= 0.3 is 5.97 Å². The summed E-state index contributed by atoms with van der Waals surface area (Å²) < 4.78 is 0. The van der Waals surface area contributed by atoms with E-state index in [9.17, 15) is 34.2 Å². The Bertz CT molecular complexity index is 641. The van der Waals surface area contributed by atoms with Crippen LogP contribution in [-0.2, 0) is 24.0 Å². The fraction of sp³-hybridized carbons (Fsp3) is 0.688. The Kier molecular flexibility index (Phi) is 11.5. The summed E-state index contributed by atoms with van der Waals surface area (Å²) in [5, 5.41) is 43.5. The van der Waals surface area contributed by atoms with Crippen molar-refractivity contribution in [3.63, 3.8) is 0 Å². The molecule has 0 fully saturated rings. The van der Waals surface area contributed by atoms with Crippen molar-refractivity contribution < 1.29 is 44.4 Å². The Morgan fingerprint density at radius 2 is 1.37 bits per heavy atom. The van der Waals surface area contributed by atoms with Crippen LogP contribution in [0.2, 0.25) is 0 Å². The van der Waals surface area contributed by atoms with Crippen LogP contribution in [0, 0.1) is 0 Å². The molecule has 0 aromatic heterocycles. The molecule has 0 saturated carbocycles. The van der Waals surface area contributed by atoms with Gasteiger partial charge in [0.2, 0.25) is 23.6 Å². The maximum Gasteiger partial charge on any atom is 0.328 e. The SMILES string of the molecule is CC(O)C(NC(=O)C(CCC(N)=O)NC(=O)C(NC(=O)C(N)CO)C(C)O)C(=O)O. The van der Waals surface area contributed by atoms with E-state index in [1.165, 1.54) is 6.92 Å². The summed E-state index contributed by atoms with van der Waals surface area (Å²) in [5.74, 6) is -5.37. The molecule has 0 aromatic rings. The molecule has 11 N–H and O–H groups in total. The Hall–Kier alpha value is -2.81. The Labute approximate surface area is 172 Å². The number of amides is 4. The van der Waals surface area contributed by atoms with Crippen molar-refractivity contribution in [2.45, 2.75) is 63.1 Å². The van der Waals surface area contributed by atoms with Crippen LogP contribution in [0.15, 0.2) is 0 Å². The van der Waals surface area contributed by atoms with Gasteiger partial charge in [-0.1, -0.05) is 0 Å². The molecule has 0 aliphatic heterocycles. The number of nitrogens with one attached hydrogen (secondary N) is 3. The number of carboxylic acids is 1. The van der Waals surface area contributed by atoms with Crippen LogP contribution in [0.5, 0.6) is 0 Å². The van der Waals surface area contributed by atoms with Crippen LogP contribution < -0.4 is 27.4 Å². The summed E-state index contributed by atoms with van der Waals surface area (Å²) in [6, 6.07) is -6.11. The average Bonchev–Trinajstić information content (AvgIpc) is 2.64. The zero-order valence-corrected chi connectivity index (χ0v) is 16.6. The van der Waals surface area contributed by atoms with Gasteiger partial charge in [0.25, 0.3) is 0 Å². The molecule has 14 heteroatoms. The van der Waals surface area contributed by atoms with E-state index in [1.54, 1.807) is 0 Å². The Morgan fingerprint density at radius 3 is 1.77 bits per heavy atom. The first kappa shape index (κ1) is 27.2. The molecule has 0 spiro atoms. The lowest BCUT2D eigenvalue weighted by molar-refractivity contribution is -0.145. The van der Waals surface area contributed by atoms with E-state index >= 15 is 0 Å². The van der Waals surface area contributed by atoms with Crippen molar-refractivity contribution in [1.29, 1.82) is 0 Å². The largest absolute Gasteiger partial charge is 0.480 e. The standard InChI is InChI=1S/C16H29N5O9/c1-6(23)11(20-13(26)8(17)5-22)15(28)19-9(3-4-10(18)25)14(27)21-12(7(2)24)16(29)30/h6-9,11-12,22-24H,3-5,17H2,1-2H3,(H2,18,25)(H,19,28)(H,20,26)(H,21,27)(H,29,30). The molecule has 0 radical (unpaired) electrons. The van der Waals surface area contributed by atoms with Gasteiger partial charge in [-0.25, -0.2) is 4.79 Å². The number of carboxylic acid groups (broad SMARTS) is 1. The fourth-order valence-electron chi connectivity index (χ4n) is 2.21. The van der Waals surface area contributed by atoms with E-state index in [4.69, 9.17) is 21.7 Å². The second-order valence-corrected chi connectivity index (χ2v) is 6.65. The molecule has 0 aromatic carbocycles. The monoisotopic (exact) mass is 435 g/mol. The highest BCUT2D eigenvalue weighted by atomic mass is 16.4. The van der Waals surface area contributed by atoms with Crippen molar-refractivity contribution in [2.75, 3.05) is 6.61 Å². The zero-order valence-electron chi connectivity index (χ0n) is 16.6. The second kappa shape index (κ2) is 12.7. The first-order valence-corrected chi connectivity index (χ1v) is 8.96. The predicted octanol–water partition coefficient (Wildman–Crippen LogP) is -5.13. The van der Waals surface area contributed by atoms with Crippen molar-refractivity contribution >= 4 is 29.6 Å². The quantitative estimate of drug-likeness (QED) is 0.133. The lowest BCUT2D eigenvalue weighted by Gasteiger charge is -2.26. The normalized spacial score (nSPS) is 16.9. The highest BCUT2D eigenvalue weighted by Crippen LogP contribution is 2.03. The van der Waals surface area contributed by atoms with Gasteiger partial charge in [-0.2, -0.15) is 0 Å². The fourth-order valence-corrected chi connectivity index (χ4v) is 2.21. The van der Waals surface area contributed by atoms with Gasteiger partial charge < -0.3 is 47.8 Å². The summed E-state index contributed by atoms with van der Waals surface area (Å²) in [6.07, 6.45) is -3.59. The van der Waals surface area contributed by atoms with E-state index in [0.29, 0.717) is 0 Å². The minimum Gasteiger partial charge on any atom is -0.480 e.